The number of Topliss-reactive ketones (excluding diaryl/α,β-unsaturated/α-hetero) is 1. The van der Waals surface area contributed by atoms with Gasteiger partial charge in [-0.25, -0.2) is 14.5 Å². The first kappa shape index (κ1) is 35.5. The van der Waals surface area contributed by atoms with Gasteiger partial charge in [-0.1, -0.05) is 102 Å². The number of rotatable bonds is 18. The van der Waals surface area contributed by atoms with Crippen LogP contribution in [0.15, 0.2) is 18.2 Å². The maximum absolute atomic E-state index is 13.6. The number of carbonyl (C=O) groups is 5. The Bertz CT molecular complexity index is 1210. The number of anilines is 1. The fourth-order valence-corrected chi connectivity index (χ4v) is 6.07. The van der Waals surface area contributed by atoms with Crippen LogP contribution in [-0.2, 0) is 23.9 Å². The molecule has 44 heavy (non-hydrogen) atoms. The molecule has 0 aromatic heterocycles. The molecule has 9 nitrogen and oxygen atoms in total. The molecule has 0 N–H and O–H groups in total. The minimum Gasteiger partial charge on any atom is -0.462 e. The summed E-state index contributed by atoms with van der Waals surface area (Å²) in [5.41, 5.74) is -2.67. The van der Waals surface area contributed by atoms with E-state index < -0.39 is 46.8 Å². The highest BCUT2D eigenvalue weighted by Crippen LogP contribution is 2.40. The van der Waals surface area contributed by atoms with Crippen LogP contribution in [-0.4, -0.2) is 58.3 Å². The average Bonchev–Trinajstić information content (AvgIpc) is 3.27. The molecule has 0 radical (unpaired) electrons. The number of cyclic esters (lactones) is 1. The first-order valence-electron chi connectivity index (χ1n) is 16.3. The lowest BCUT2D eigenvalue weighted by Gasteiger charge is -2.30. The Hall–Kier alpha value is -2.94. The Morgan fingerprint density at radius 1 is 0.841 bits per heavy atom. The first-order valence-corrected chi connectivity index (χ1v) is 16.6. The fraction of sp³-hybridized carbons (Fsp3) is 0.676. The van der Waals surface area contributed by atoms with Crippen molar-refractivity contribution >= 4 is 46.9 Å². The van der Waals surface area contributed by atoms with E-state index in [-0.39, 0.29) is 22.9 Å². The van der Waals surface area contributed by atoms with E-state index in [4.69, 9.17) is 21.1 Å². The van der Waals surface area contributed by atoms with Crippen molar-refractivity contribution in [1.82, 2.24) is 4.90 Å². The summed E-state index contributed by atoms with van der Waals surface area (Å²) in [5.74, 6) is -2.81. The number of unbranched alkanes of at least 4 members (excludes halogenated alkanes) is 13. The summed E-state index contributed by atoms with van der Waals surface area (Å²) < 4.78 is 10.6. The van der Waals surface area contributed by atoms with Crippen LogP contribution in [0.4, 0.5) is 10.5 Å². The summed E-state index contributed by atoms with van der Waals surface area (Å²) in [7, 11) is 0. The number of esters is 1. The van der Waals surface area contributed by atoms with Gasteiger partial charge < -0.3 is 9.47 Å². The Kier molecular flexibility index (Phi) is 12.8. The number of nitrogens with zero attached hydrogens (tertiary/aromatic N) is 2. The predicted octanol–water partition coefficient (Wildman–Crippen LogP) is 7.80. The van der Waals surface area contributed by atoms with Gasteiger partial charge >= 0.3 is 12.1 Å². The van der Waals surface area contributed by atoms with Crippen LogP contribution in [0.5, 0.6) is 0 Å². The summed E-state index contributed by atoms with van der Waals surface area (Å²) in [6.07, 6.45) is 16.2. The Balaban J connectivity index is 1.47. The minimum absolute atomic E-state index is 0.114. The maximum Gasteiger partial charge on any atom is 0.418 e. The SMILES string of the molecule is CCCCCCCCCCCCCCCCOC(=O)c1ccc(Cl)c(N2C(=O)C(N3C(=O)OC(C)(C)C3=O)C(=O)C2(C)C)c1. The van der Waals surface area contributed by atoms with Crippen molar-refractivity contribution in [1.29, 1.82) is 0 Å². The summed E-state index contributed by atoms with van der Waals surface area (Å²) in [4.78, 5) is 66.9. The molecular weight excluding hydrogens is 584 g/mol. The molecule has 2 saturated heterocycles. The topological polar surface area (TPSA) is 110 Å². The number of ether oxygens (including phenoxy) is 2. The van der Waals surface area contributed by atoms with Gasteiger partial charge in [-0.3, -0.25) is 19.3 Å². The highest BCUT2D eigenvalue weighted by atomic mass is 35.5. The maximum atomic E-state index is 13.6. The Labute approximate surface area is 266 Å². The molecule has 3 rings (SSSR count). The number of carbonyl (C=O) groups excluding carboxylic acids is 5. The van der Waals surface area contributed by atoms with Crippen LogP contribution in [0.25, 0.3) is 0 Å². The molecule has 2 aliphatic heterocycles. The zero-order valence-electron chi connectivity index (χ0n) is 27.0. The van der Waals surface area contributed by atoms with Crippen molar-refractivity contribution in [2.24, 2.45) is 0 Å². The third-order valence-corrected chi connectivity index (χ3v) is 8.87. The van der Waals surface area contributed by atoms with E-state index >= 15 is 0 Å². The third-order valence-electron chi connectivity index (χ3n) is 8.55. The van der Waals surface area contributed by atoms with E-state index in [2.05, 4.69) is 6.92 Å². The zero-order valence-corrected chi connectivity index (χ0v) is 27.8. The summed E-state index contributed by atoms with van der Waals surface area (Å²) in [6.45, 7) is 8.31. The van der Waals surface area contributed by atoms with E-state index in [1.54, 1.807) is 0 Å². The molecule has 1 aromatic rings. The number of ketones is 1. The van der Waals surface area contributed by atoms with Crippen molar-refractivity contribution in [2.75, 3.05) is 11.5 Å². The quantitative estimate of drug-likeness (QED) is 0.0922. The van der Waals surface area contributed by atoms with Crippen LogP contribution in [0.1, 0.15) is 135 Å². The predicted molar refractivity (Wildman–Crippen MR) is 170 cm³/mol. The lowest BCUT2D eigenvalue weighted by atomic mass is 9.96. The molecule has 3 amide bonds. The molecule has 1 unspecified atom stereocenters. The van der Waals surface area contributed by atoms with E-state index in [1.807, 2.05) is 0 Å². The second-order valence-electron chi connectivity index (χ2n) is 13.0. The smallest absolute Gasteiger partial charge is 0.418 e. The largest absolute Gasteiger partial charge is 0.462 e. The second-order valence-corrected chi connectivity index (χ2v) is 13.4. The minimum atomic E-state index is -1.70. The lowest BCUT2D eigenvalue weighted by Crippen LogP contribution is -2.50. The highest BCUT2D eigenvalue weighted by molar-refractivity contribution is 6.36. The number of imide groups is 1. The molecule has 0 saturated carbocycles. The van der Waals surface area contributed by atoms with Crippen molar-refractivity contribution < 1.29 is 33.4 Å². The number of halogens is 1. The molecular formula is C34H49ClN2O7. The second kappa shape index (κ2) is 15.9. The van der Waals surface area contributed by atoms with E-state index in [0.717, 1.165) is 24.2 Å². The van der Waals surface area contributed by atoms with Crippen molar-refractivity contribution in [3.8, 4) is 0 Å². The van der Waals surface area contributed by atoms with Crippen LogP contribution in [0.3, 0.4) is 0 Å². The van der Waals surface area contributed by atoms with Crippen molar-refractivity contribution in [2.45, 2.75) is 142 Å². The van der Waals surface area contributed by atoms with Crippen LogP contribution in [0, 0.1) is 0 Å². The number of benzene rings is 1. The summed E-state index contributed by atoms with van der Waals surface area (Å²) in [6, 6.07) is 2.66. The molecule has 1 atom stereocenters. The summed E-state index contributed by atoms with van der Waals surface area (Å²) >= 11 is 6.45. The van der Waals surface area contributed by atoms with Gasteiger partial charge in [0.15, 0.2) is 17.4 Å². The molecule has 10 heteroatoms. The molecule has 1 aromatic carbocycles. The monoisotopic (exact) mass is 632 g/mol. The van der Waals surface area contributed by atoms with Gasteiger partial charge in [0.05, 0.1) is 22.9 Å². The first-order chi connectivity index (χ1) is 20.8. The third kappa shape index (κ3) is 8.40. The summed E-state index contributed by atoms with van der Waals surface area (Å²) in [5, 5.41) is 0.124. The fourth-order valence-electron chi connectivity index (χ4n) is 5.86. The standard InChI is InChI=1S/C34H49ClN2O7/c1-6-7-8-9-10-11-12-13-14-15-16-17-18-19-22-43-30(40)24-20-21-25(35)26(23-24)37-29(39)27(28(38)33(37,2)3)36-31(41)34(4,5)44-32(36)42/h20-21,23,27H,6-19,22H2,1-5H3. The van der Waals surface area contributed by atoms with Crippen LogP contribution >= 0.6 is 11.6 Å². The Morgan fingerprint density at radius 2 is 1.36 bits per heavy atom. The van der Waals surface area contributed by atoms with Gasteiger partial charge in [-0.2, -0.15) is 0 Å². The number of amides is 3. The lowest BCUT2D eigenvalue weighted by molar-refractivity contribution is -0.141. The normalized spacial score (nSPS) is 19.2. The van der Waals surface area contributed by atoms with E-state index in [0.29, 0.717) is 4.90 Å². The molecule has 2 aliphatic rings. The van der Waals surface area contributed by atoms with Gasteiger partial charge in [0.1, 0.15) is 5.54 Å². The van der Waals surface area contributed by atoms with Crippen LogP contribution < -0.4 is 4.90 Å². The Morgan fingerprint density at radius 3 is 1.86 bits per heavy atom. The average molecular weight is 633 g/mol. The molecule has 2 fully saturated rings. The zero-order chi connectivity index (χ0) is 32.5. The van der Waals surface area contributed by atoms with Gasteiger partial charge in [-0.15, -0.1) is 0 Å². The highest BCUT2D eigenvalue weighted by Gasteiger charge is 2.62. The molecule has 0 bridgehead atoms. The molecule has 0 aliphatic carbocycles. The van der Waals surface area contributed by atoms with Crippen molar-refractivity contribution in [3.05, 3.63) is 28.8 Å². The van der Waals surface area contributed by atoms with Crippen molar-refractivity contribution in [3.63, 3.8) is 0 Å². The van der Waals surface area contributed by atoms with Gasteiger partial charge in [0, 0.05) is 0 Å². The number of hydrogen-bond donors (Lipinski definition) is 0. The van der Waals surface area contributed by atoms with Gasteiger partial charge in [0.25, 0.3) is 11.8 Å². The molecule has 2 heterocycles. The van der Waals surface area contributed by atoms with E-state index in [9.17, 15) is 24.0 Å². The van der Waals surface area contributed by atoms with Gasteiger partial charge in [0.2, 0.25) is 0 Å². The van der Waals surface area contributed by atoms with E-state index in [1.165, 1.54) is 117 Å². The number of hydrogen-bond acceptors (Lipinski definition) is 7. The molecule has 0 spiro atoms. The van der Waals surface area contributed by atoms with Gasteiger partial charge in [-0.05, 0) is 52.3 Å². The molecule has 244 valence electrons. The van der Waals surface area contributed by atoms with Crippen LogP contribution in [0.2, 0.25) is 5.02 Å².